The van der Waals surface area contributed by atoms with E-state index in [4.69, 9.17) is 9.47 Å². The Hall–Kier alpha value is -2.60. The van der Waals surface area contributed by atoms with E-state index < -0.39 is 22.8 Å². The van der Waals surface area contributed by atoms with Gasteiger partial charge in [-0.3, -0.25) is 0 Å². The van der Waals surface area contributed by atoms with Gasteiger partial charge in [-0.1, -0.05) is 78.1 Å². The third-order valence-corrected chi connectivity index (χ3v) is 9.30. The minimum atomic E-state index is -1.42. The number of aliphatic hydroxyl groups is 2. The average Bonchev–Trinajstić information content (AvgIpc) is 3.04. The van der Waals surface area contributed by atoms with Crippen LogP contribution in [0.15, 0.2) is 107 Å². The summed E-state index contributed by atoms with van der Waals surface area (Å²) in [6, 6.07) is 23.5. The molecule has 258 valence electrons. The lowest BCUT2D eigenvalue weighted by atomic mass is 9.88. The maximum atomic E-state index is 14.6. The number of hydrogen-bond donors (Lipinski definition) is 2. The second kappa shape index (κ2) is 19.0. The molecule has 0 saturated carbocycles. The number of likely N-dealkylation sites (N-methyl/N-ethyl adjacent to an activating group) is 1. The Morgan fingerprint density at radius 3 is 1.52 bits per heavy atom. The summed E-state index contributed by atoms with van der Waals surface area (Å²) in [4.78, 5) is 2.13. The third-order valence-electron chi connectivity index (χ3n) is 7.68. The molecule has 0 aliphatic carbocycles. The van der Waals surface area contributed by atoms with Gasteiger partial charge in [0.1, 0.15) is 34.3 Å². The molecule has 2 unspecified atom stereocenters. The average molecular weight is 854 g/mol. The van der Waals surface area contributed by atoms with Gasteiger partial charge in [0, 0.05) is 50.6 Å². The summed E-state index contributed by atoms with van der Waals surface area (Å²) in [6.07, 6.45) is 3.54. The quantitative estimate of drug-likeness (QED) is 0.0709. The van der Waals surface area contributed by atoms with Crippen molar-refractivity contribution in [3.05, 3.63) is 140 Å². The van der Waals surface area contributed by atoms with E-state index >= 15 is 0 Å². The topological polar surface area (TPSA) is 62.2 Å². The van der Waals surface area contributed by atoms with Gasteiger partial charge in [-0.2, -0.15) is 0 Å². The molecule has 0 amide bonds. The molecule has 0 spiro atoms. The maximum Gasteiger partial charge on any atom is 0.133 e. The van der Waals surface area contributed by atoms with Gasteiger partial charge in [-0.05, 0) is 93.4 Å². The van der Waals surface area contributed by atoms with E-state index in [1.165, 1.54) is 12.1 Å². The first-order chi connectivity index (χ1) is 22.8. The number of halogens is 5. The minimum Gasteiger partial charge on any atom is -0.493 e. The molecule has 0 aliphatic rings. The highest BCUT2D eigenvalue weighted by Crippen LogP contribution is 2.34. The van der Waals surface area contributed by atoms with Crippen LogP contribution in [0, 0.1) is 11.6 Å². The van der Waals surface area contributed by atoms with Crippen molar-refractivity contribution in [1.82, 2.24) is 4.90 Å². The van der Waals surface area contributed by atoms with Crippen LogP contribution in [0.3, 0.4) is 0 Å². The van der Waals surface area contributed by atoms with E-state index in [-0.39, 0.29) is 11.1 Å². The van der Waals surface area contributed by atoms with Crippen molar-refractivity contribution in [2.24, 2.45) is 0 Å². The van der Waals surface area contributed by atoms with Crippen molar-refractivity contribution in [2.75, 3.05) is 38.7 Å². The first kappa shape index (κ1) is 39.8. The number of alkyl halides is 1. The van der Waals surface area contributed by atoms with E-state index in [0.717, 1.165) is 40.2 Å². The number of hydrogen-bond acceptors (Lipinski definition) is 5. The van der Waals surface area contributed by atoms with Crippen molar-refractivity contribution in [3.8, 4) is 11.5 Å². The number of nitrogens with zero attached hydrogens (tertiary/aromatic N) is 1. The molecule has 48 heavy (non-hydrogen) atoms. The van der Waals surface area contributed by atoms with Crippen LogP contribution in [0.5, 0.6) is 11.5 Å². The van der Waals surface area contributed by atoms with Gasteiger partial charge in [0.25, 0.3) is 0 Å². The number of benzene rings is 4. The van der Waals surface area contributed by atoms with E-state index in [0.29, 0.717) is 35.8 Å². The zero-order chi connectivity index (χ0) is 35.3. The molecule has 2 N–H and O–H groups in total. The monoisotopic (exact) mass is 851 g/mol. The van der Waals surface area contributed by atoms with Gasteiger partial charge >= 0.3 is 0 Å². The molecule has 10 heteroatoms. The van der Waals surface area contributed by atoms with Crippen LogP contribution in [0.4, 0.5) is 8.78 Å². The third kappa shape index (κ3) is 11.5. The summed E-state index contributed by atoms with van der Waals surface area (Å²) < 4.78 is 41.8. The summed E-state index contributed by atoms with van der Waals surface area (Å²) in [7, 11) is 2.01. The minimum absolute atomic E-state index is 0.220. The molecule has 0 aliphatic heterocycles. The SMILES string of the molecule is C=CCN(C)CCCOc1ccc(C(C)(O)c2ccc(Br)cc2)c(F)c1.CC(O)(c1ccc(Br)cc1)c1ccc(OCCCBr)cc1F. The fourth-order valence-corrected chi connectivity index (χ4v) is 5.66. The zero-order valence-electron chi connectivity index (χ0n) is 27.4. The summed E-state index contributed by atoms with van der Waals surface area (Å²) in [5.74, 6) is -0.0403. The number of rotatable bonds is 15. The van der Waals surface area contributed by atoms with Gasteiger partial charge < -0.3 is 24.6 Å². The van der Waals surface area contributed by atoms with Crippen LogP contribution in [0.25, 0.3) is 0 Å². The van der Waals surface area contributed by atoms with E-state index in [1.807, 2.05) is 37.4 Å². The predicted octanol–water partition coefficient (Wildman–Crippen LogP) is 9.74. The lowest BCUT2D eigenvalue weighted by molar-refractivity contribution is 0.0973. The Labute approximate surface area is 308 Å². The molecular formula is C38H42Br3F2NO4. The highest BCUT2D eigenvalue weighted by molar-refractivity contribution is 9.10. The second-order valence-corrected chi connectivity index (χ2v) is 14.2. The Morgan fingerprint density at radius 2 is 1.15 bits per heavy atom. The van der Waals surface area contributed by atoms with Crippen LogP contribution in [0.1, 0.15) is 48.9 Å². The van der Waals surface area contributed by atoms with E-state index in [9.17, 15) is 19.0 Å². The lowest BCUT2D eigenvalue weighted by Crippen LogP contribution is -2.24. The molecule has 0 saturated heterocycles. The van der Waals surface area contributed by atoms with Gasteiger partial charge in [0.2, 0.25) is 0 Å². The second-order valence-electron chi connectivity index (χ2n) is 11.6. The molecule has 0 bridgehead atoms. The zero-order valence-corrected chi connectivity index (χ0v) is 32.1. The molecule has 0 fully saturated rings. The summed E-state index contributed by atoms with van der Waals surface area (Å²) in [5, 5.41) is 22.4. The van der Waals surface area contributed by atoms with Crippen LogP contribution in [0.2, 0.25) is 0 Å². The molecule has 2 atom stereocenters. The van der Waals surface area contributed by atoms with Gasteiger partial charge in [-0.15, -0.1) is 6.58 Å². The molecule has 0 heterocycles. The Balaban J connectivity index is 0.000000264. The molecule has 0 aromatic heterocycles. The van der Waals surface area contributed by atoms with Gasteiger partial charge in [0.05, 0.1) is 13.2 Å². The molecule has 0 radical (unpaired) electrons. The van der Waals surface area contributed by atoms with Gasteiger partial charge in [0.15, 0.2) is 0 Å². The summed E-state index contributed by atoms with van der Waals surface area (Å²) in [5.41, 5.74) is -1.13. The highest BCUT2D eigenvalue weighted by atomic mass is 79.9. The largest absolute Gasteiger partial charge is 0.493 e. The molecule has 4 rings (SSSR count). The van der Waals surface area contributed by atoms with Crippen LogP contribution >= 0.6 is 47.8 Å². The number of ether oxygens (including phenoxy) is 2. The fourth-order valence-electron chi connectivity index (χ4n) is 4.90. The smallest absolute Gasteiger partial charge is 0.133 e. The van der Waals surface area contributed by atoms with Crippen LogP contribution in [-0.2, 0) is 11.2 Å². The maximum absolute atomic E-state index is 14.6. The Bertz CT molecular complexity index is 1600. The normalized spacial score (nSPS) is 13.6. The predicted molar refractivity (Wildman–Crippen MR) is 200 cm³/mol. The van der Waals surface area contributed by atoms with Crippen molar-refractivity contribution < 1.29 is 28.5 Å². The van der Waals surface area contributed by atoms with E-state index in [1.54, 1.807) is 62.4 Å². The van der Waals surface area contributed by atoms with Crippen molar-refractivity contribution >= 4 is 47.8 Å². The molecule has 4 aromatic carbocycles. The summed E-state index contributed by atoms with van der Waals surface area (Å²) in [6.45, 7) is 9.61. The molecule has 5 nitrogen and oxygen atoms in total. The van der Waals surface area contributed by atoms with Gasteiger partial charge in [-0.25, -0.2) is 8.78 Å². The highest BCUT2D eigenvalue weighted by Gasteiger charge is 2.30. The van der Waals surface area contributed by atoms with Crippen molar-refractivity contribution in [3.63, 3.8) is 0 Å². The Kier molecular flexibility index (Phi) is 15.7. The van der Waals surface area contributed by atoms with Crippen molar-refractivity contribution in [2.45, 2.75) is 37.9 Å². The lowest BCUT2D eigenvalue weighted by Gasteiger charge is -2.25. The first-order valence-electron chi connectivity index (χ1n) is 15.5. The molecular weight excluding hydrogens is 812 g/mol. The van der Waals surface area contributed by atoms with E-state index in [2.05, 4.69) is 59.3 Å². The van der Waals surface area contributed by atoms with Crippen LogP contribution < -0.4 is 9.47 Å². The first-order valence-corrected chi connectivity index (χ1v) is 18.2. The standard InChI is InChI=1S/C21H25BrFNO2.C17H17Br2FO2/c1-4-12-24(3)13-5-14-26-18-10-11-19(20(23)15-18)21(2,25)16-6-8-17(22)9-7-16;1-17(21,12-3-5-13(19)6-4-12)15-8-7-14(11-16(15)20)22-10-2-9-18/h4,6-11,15,25H,1,5,12-14H2,2-3H3;3-8,11,21H,2,9-10H2,1H3. The Morgan fingerprint density at radius 1 is 0.729 bits per heavy atom. The van der Waals surface area contributed by atoms with Crippen molar-refractivity contribution in [1.29, 1.82) is 0 Å². The summed E-state index contributed by atoms with van der Waals surface area (Å²) >= 11 is 10.0. The fraction of sp³-hybridized carbons (Fsp3) is 0.316. The molecule has 4 aromatic rings. The van der Waals surface area contributed by atoms with Crippen LogP contribution in [-0.4, -0.2) is 53.8 Å².